The fourth-order valence-corrected chi connectivity index (χ4v) is 5.87. The number of carbonyl (C=O) groups excluding carboxylic acids is 7. The van der Waals surface area contributed by atoms with Gasteiger partial charge in [0.25, 0.3) is 11.8 Å². The Hall–Kier alpha value is -7.58. The third kappa shape index (κ3) is 20.0. The van der Waals surface area contributed by atoms with Crippen LogP contribution in [0.1, 0.15) is 63.6 Å². The molecular weight excluding hydrogens is 959 g/mol. The molecular formula is C51H68ClFN6O13. The minimum Gasteiger partial charge on any atom is -0.478 e. The van der Waals surface area contributed by atoms with Crippen molar-refractivity contribution in [3.05, 3.63) is 108 Å². The maximum atomic E-state index is 12.8. The van der Waals surface area contributed by atoms with Gasteiger partial charge in [-0.2, -0.15) is 0 Å². The predicted octanol–water partition coefficient (Wildman–Crippen LogP) is 7.01. The van der Waals surface area contributed by atoms with E-state index in [4.69, 9.17) is 16.0 Å². The average molecular weight is 1030 g/mol. The summed E-state index contributed by atoms with van der Waals surface area (Å²) in [6.07, 6.45) is -0.865. The number of halogens is 2. The molecule has 0 spiro atoms. The zero-order valence-electron chi connectivity index (χ0n) is 44.1. The topological polar surface area (TPSA) is 240 Å². The monoisotopic (exact) mass is 1030 g/mol. The molecule has 0 heterocycles. The summed E-state index contributed by atoms with van der Waals surface area (Å²) < 4.78 is 35.2. The Kier molecular flexibility index (Phi) is 26.2. The van der Waals surface area contributed by atoms with Crippen molar-refractivity contribution in [1.29, 1.82) is 0 Å². The molecule has 0 saturated carbocycles. The zero-order valence-corrected chi connectivity index (χ0v) is 43.9. The Bertz CT molecular complexity index is 2400. The van der Waals surface area contributed by atoms with Gasteiger partial charge in [0.05, 0.1) is 28.3 Å². The quantitative estimate of drug-likeness (QED) is 0.0635. The summed E-state index contributed by atoms with van der Waals surface area (Å²) in [5.41, 5.74) is 4.40. The van der Waals surface area contributed by atoms with Crippen molar-refractivity contribution < 1.29 is 68.2 Å². The number of hydrogen-bond acceptors (Lipinski definition) is 13. The molecule has 2 unspecified atom stereocenters. The molecule has 0 aromatic heterocycles. The molecule has 0 radical (unpaired) electrons. The van der Waals surface area contributed by atoms with Gasteiger partial charge in [-0.1, -0.05) is 48.5 Å². The molecule has 0 fully saturated rings. The minimum absolute atomic E-state index is 0. The lowest BCUT2D eigenvalue weighted by molar-refractivity contribution is -0.150. The number of esters is 2. The molecule has 21 heteroatoms. The fourth-order valence-electron chi connectivity index (χ4n) is 5.87. The maximum Gasteiger partial charge on any atom is 0.414 e. The number of nitrogens with one attached hydrogen (secondary N) is 3. The van der Waals surface area contributed by atoms with Crippen LogP contribution in [-0.4, -0.2) is 145 Å². The smallest absolute Gasteiger partial charge is 0.414 e. The molecule has 19 nitrogen and oxygen atoms in total. The van der Waals surface area contributed by atoms with Crippen molar-refractivity contribution in [2.45, 2.75) is 64.8 Å². The van der Waals surface area contributed by atoms with Crippen LogP contribution < -0.4 is 25.8 Å². The van der Waals surface area contributed by atoms with Gasteiger partial charge in [0.2, 0.25) is 11.9 Å². The van der Waals surface area contributed by atoms with Crippen LogP contribution in [0.3, 0.4) is 0 Å². The molecule has 4 aromatic carbocycles. The largest absolute Gasteiger partial charge is 0.478 e. The first kappa shape index (κ1) is 62.4. The number of alkyl halides is 1. The van der Waals surface area contributed by atoms with E-state index in [1.807, 2.05) is 77.9 Å². The summed E-state index contributed by atoms with van der Waals surface area (Å²) in [6.45, 7) is 10.9. The Morgan fingerprint density at radius 3 is 1.17 bits per heavy atom. The first-order valence-corrected chi connectivity index (χ1v) is 21.6. The van der Waals surface area contributed by atoms with Crippen molar-refractivity contribution in [2.75, 3.05) is 73.5 Å². The third-order valence-electron chi connectivity index (χ3n) is 9.64. The summed E-state index contributed by atoms with van der Waals surface area (Å²) in [4.78, 5) is 97.7. The number of amides is 5. The van der Waals surface area contributed by atoms with Crippen LogP contribution in [0.25, 0.3) is 22.3 Å². The number of nitrogens with zero attached hydrogens (tertiary/aromatic N) is 3. The lowest BCUT2D eigenvalue weighted by Crippen LogP contribution is -2.51. The van der Waals surface area contributed by atoms with E-state index < -0.39 is 78.3 Å². The van der Waals surface area contributed by atoms with Gasteiger partial charge in [-0.15, -0.1) is 12.4 Å². The number of carbonyl (C=O) groups is 8. The van der Waals surface area contributed by atoms with Crippen LogP contribution in [0.5, 0.6) is 0 Å². The Morgan fingerprint density at radius 2 is 0.889 bits per heavy atom. The molecule has 4 aromatic rings. The van der Waals surface area contributed by atoms with E-state index in [1.54, 1.807) is 74.8 Å². The molecule has 0 bridgehead atoms. The Morgan fingerprint density at radius 1 is 0.569 bits per heavy atom. The van der Waals surface area contributed by atoms with Crippen molar-refractivity contribution >= 4 is 71.6 Å². The summed E-state index contributed by atoms with van der Waals surface area (Å²) in [7, 11) is 10.4. The van der Waals surface area contributed by atoms with E-state index in [1.165, 1.54) is 45.1 Å². The molecule has 4 N–H and O–H groups in total. The molecule has 0 aliphatic rings. The lowest BCUT2D eigenvalue weighted by Gasteiger charge is -2.25. The Balaban J connectivity index is 0.00000115. The number of carboxylic acid groups (broad SMARTS) is 1. The number of rotatable bonds is 12. The van der Waals surface area contributed by atoms with Gasteiger partial charge >= 0.3 is 30.1 Å². The van der Waals surface area contributed by atoms with E-state index in [0.717, 1.165) is 40.0 Å². The van der Waals surface area contributed by atoms with Crippen molar-refractivity contribution in [3.8, 4) is 22.3 Å². The fraction of sp³-hybridized carbons (Fsp3) is 0.373. The van der Waals surface area contributed by atoms with Crippen molar-refractivity contribution in [1.82, 2.24) is 20.9 Å². The van der Waals surface area contributed by atoms with E-state index in [9.17, 15) is 42.7 Å². The maximum absolute atomic E-state index is 12.8. The second kappa shape index (κ2) is 30.2. The van der Waals surface area contributed by atoms with Gasteiger partial charge in [0.1, 0.15) is 11.2 Å². The van der Waals surface area contributed by atoms with Gasteiger partial charge in [-0.25, -0.2) is 24.0 Å². The number of hydrogen-bond donors (Lipinski definition) is 4. The van der Waals surface area contributed by atoms with Gasteiger partial charge in [-0.05, 0) is 119 Å². The highest BCUT2D eigenvalue weighted by Gasteiger charge is 2.34. The van der Waals surface area contributed by atoms with E-state index in [0.29, 0.717) is 11.3 Å². The molecule has 5 amide bonds. The van der Waals surface area contributed by atoms with Crippen molar-refractivity contribution in [2.24, 2.45) is 0 Å². The minimum atomic E-state index is -1.39. The predicted molar refractivity (Wildman–Crippen MR) is 275 cm³/mol. The lowest BCUT2D eigenvalue weighted by atomic mass is 10.0. The summed E-state index contributed by atoms with van der Waals surface area (Å²) in [5, 5.41) is 16.1. The van der Waals surface area contributed by atoms with Gasteiger partial charge in [0.15, 0.2) is 6.04 Å². The first-order valence-electron chi connectivity index (χ1n) is 22.3. The highest BCUT2D eigenvalue weighted by atomic mass is 35.5. The number of methoxy groups -OCH3 is 2. The second-order valence-electron chi connectivity index (χ2n) is 16.9. The number of benzene rings is 4. The number of anilines is 2. The molecule has 0 saturated heterocycles. The van der Waals surface area contributed by atoms with E-state index in [-0.39, 0.29) is 18.0 Å². The zero-order chi connectivity index (χ0) is 55.1. The Labute approximate surface area is 428 Å². The molecule has 394 valence electrons. The number of aromatic carboxylic acids is 1. The van der Waals surface area contributed by atoms with Gasteiger partial charge in [-0.3, -0.25) is 33.9 Å². The molecule has 0 aliphatic carbocycles. The van der Waals surface area contributed by atoms with Crippen LogP contribution in [0.15, 0.2) is 97.1 Å². The summed E-state index contributed by atoms with van der Waals surface area (Å²) >= 11 is 0. The average Bonchev–Trinajstić information content (AvgIpc) is 3.35. The third-order valence-corrected chi connectivity index (χ3v) is 9.64. The second-order valence-corrected chi connectivity index (χ2v) is 16.9. The highest BCUT2D eigenvalue weighted by Crippen LogP contribution is 2.26. The first-order chi connectivity index (χ1) is 33.6. The number of ether oxygens (including phenoxy) is 4. The van der Waals surface area contributed by atoms with Crippen LogP contribution >= 0.6 is 12.4 Å². The van der Waals surface area contributed by atoms with Gasteiger partial charge < -0.3 is 39.6 Å². The number of carboxylic acids is 1. The molecule has 4 rings (SSSR count). The van der Waals surface area contributed by atoms with Gasteiger partial charge in [0, 0.05) is 52.2 Å². The van der Waals surface area contributed by atoms with E-state index in [2.05, 4.69) is 25.4 Å². The van der Waals surface area contributed by atoms with Crippen molar-refractivity contribution in [3.63, 3.8) is 0 Å². The molecule has 0 aliphatic heterocycles. The highest BCUT2D eigenvalue weighted by molar-refractivity contribution is 6.07. The van der Waals surface area contributed by atoms with Crippen LogP contribution in [0.4, 0.5) is 25.4 Å². The SMILES string of the molecule is CN(C(=O)OC(C)(C)C)c1ccc(-c2ccc(C(=O)O)cc2)cc1.CNC(=O)C(C(=O)OC)N(C)C(=O)c1ccc(-c2ccc(N(C)C(=O)OC(C)(C)C)cc2)cc1.CNC(=O)C(NC)C(=O)OC.Cl.[2H]CF. The van der Waals surface area contributed by atoms with Crippen LogP contribution in [0.2, 0.25) is 0 Å². The van der Waals surface area contributed by atoms with Crippen LogP contribution in [0, 0.1) is 0 Å². The number of likely N-dealkylation sites (N-methyl/N-ethyl adjacent to an activating group) is 4. The summed E-state index contributed by atoms with van der Waals surface area (Å²) in [5.74, 6) is -3.92. The van der Waals surface area contributed by atoms with Crippen LogP contribution in [-0.2, 0) is 38.1 Å². The normalized spacial score (nSPS) is 11.3. The molecule has 72 heavy (non-hydrogen) atoms. The summed E-state index contributed by atoms with van der Waals surface area (Å²) in [6, 6.07) is 25.8. The molecule has 2 atom stereocenters. The standard InChI is InChI=1S/C25H31N3O6.C19H21NO4.C6H12N2O3.CH3F.ClH/c1-25(2,3)34-24(32)27(5)19-14-12-17(13-15-19)16-8-10-18(11-9-16)22(30)28(6)20(21(29)26-4)23(31)33-7;1-19(2,3)24-18(23)20(4)16-11-9-14(10-12-16)13-5-7-15(8-6-13)17(21)22;1-7-4(5(9)8-2)6(10)11-3;1-2;/h8-15,20H,1-7H3,(H,26,29);5-12H,1-4H3,(H,21,22);4,7H,1-3H3,(H,8,9);1H3;1H/i;;;1D;. The van der Waals surface area contributed by atoms with E-state index >= 15 is 0 Å².